The molecule has 1 heterocycles. The van der Waals surface area contributed by atoms with E-state index >= 15 is 0 Å². The zero-order valence-corrected chi connectivity index (χ0v) is 19.7. The molecule has 7 heteroatoms. The highest BCUT2D eigenvalue weighted by atomic mass is 16.5. The van der Waals surface area contributed by atoms with Crippen molar-refractivity contribution in [1.82, 2.24) is 10.2 Å². The third-order valence-electron chi connectivity index (χ3n) is 7.42. The molecule has 35 heavy (non-hydrogen) atoms. The molecule has 1 saturated carbocycles. The van der Waals surface area contributed by atoms with Crippen LogP contribution in [-0.2, 0) is 16.1 Å². The van der Waals surface area contributed by atoms with Crippen LogP contribution < -0.4 is 10.1 Å². The van der Waals surface area contributed by atoms with Gasteiger partial charge in [-0.05, 0) is 30.5 Å². The summed E-state index contributed by atoms with van der Waals surface area (Å²) in [7, 11) is 0. The van der Waals surface area contributed by atoms with Crippen LogP contribution in [0, 0.1) is 5.92 Å². The largest absolute Gasteiger partial charge is 0.486 e. The summed E-state index contributed by atoms with van der Waals surface area (Å²) >= 11 is 0. The second-order valence-corrected chi connectivity index (χ2v) is 9.61. The number of fused-ring (bicyclic) bond motifs is 3. The molecule has 5 rings (SSSR count). The van der Waals surface area contributed by atoms with Gasteiger partial charge in [-0.1, -0.05) is 61.4 Å². The van der Waals surface area contributed by atoms with Crippen LogP contribution in [-0.4, -0.2) is 58.3 Å². The third-order valence-corrected chi connectivity index (χ3v) is 7.42. The Labute approximate surface area is 205 Å². The molecule has 3 aliphatic rings. The Balaban J connectivity index is 1.55. The molecule has 0 aromatic heterocycles. The molecule has 2 aliphatic carbocycles. The van der Waals surface area contributed by atoms with Crippen LogP contribution >= 0.6 is 0 Å². The number of benzene rings is 2. The number of nitrogens with zero attached hydrogens (tertiary/aromatic N) is 1. The van der Waals surface area contributed by atoms with Crippen molar-refractivity contribution in [3.05, 3.63) is 77.4 Å². The number of hydrogen-bond donors (Lipinski definition) is 3. The summed E-state index contributed by atoms with van der Waals surface area (Å²) in [6.45, 7) is 0.287. The molecule has 184 valence electrons. The Kier molecular flexibility index (Phi) is 6.88. The van der Waals surface area contributed by atoms with Gasteiger partial charge in [-0.15, -0.1) is 0 Å². The number of para-hydroxylation sites is 1. The first-order valence-corrected chi connectivity index (χ1v) is 12.5. The molecule has 3 N–H and O–H groups in total. The van der Waals surface area contributed by atoms with Crippen molar-refractivity contribution in [2.24, 2.45) is 5.92 Å². The summed E-state index contributed by atoms with van der Waals surface area (Å²) in [5.41, 5.74) is 2.27. The van der Waals surface area contributed by atoms with Gasteiger partial charge in [0, 0.05) is 30.1 Å². The maximum atomic E-state index is 13.8. The predicted octanol–water partition coefficient (Wildman–Crippen LogP) is 2.53. The average molecular weight is 477 g/mol. The van der Waals surface area contributed by atoms with Gasteiger partial charge < -0.3 is 25.2 Å². The summed E-state index contributed by atoms with van der Waals surface area (Å²) in [4.78, 5) is 28.7. The molecule has 7 nitrogen and oxygen atoms in total. The second kappa shape index (κ2) is 10.2. The first kappa shape index (κ1) is 23.6. The summed E-state index contributed by atoms with van der Waals surface area (Å²) in [6.07, 6.45) is 3.79. The van der Waals surface area contributed by atoms with Gasteiger partial charge in [-0.2, -0.15) is 0 Å². The predicted molar refractivity (Wildman–Crippen MR) is 131 cm³/mol. The lowest BCUT2D eigenvalue weighted by molar-refractivity contribution is -0.142. The van der Waals surface area contributed by atoms with E-state index in [1.54, 1.807) is 11.0 Å². The highest BCUT2D eigenvalue weighted by molar-refractivity contribution is 5.96. The molecular formula is C28H32N2O5. The van der Waals surface area contributed by atoms with Crippen molar-refractivity contribution in [2.75, 3.05) is 13.2 Å². The van der Waals surface area contributed by atoms with Gasteiger partial charge in [-0.3, -0.25) is 9.59 Å². The molecule has 0 spiro atoms. The highest BCUT2D eigenvalue weighted by Gasteiger charge is 2.50. The normalized spacial score (nSPS) is 25.3. The lowest BCUT2D eigenvalue weighted by Crippen LogP contribution is -2.56. The van der Waals surface area contributed by atoms with Gasteiger partial charge in [0.05, 0.1) is 18.6 Å². The summed E-state index contributed by atoms with van der Waals surface area (Å²) in [6, 6.07) is 16.5. The van der Waals surface area contributed by atoms with Gasteiger partial charge >= 0.3 is 0 Å². The van der Waals surface area contributed by atoms with E-state index < -0.39 is 24.2 Å². The molecule has 2 aromatic carbocycles. The molecule has 4 atom stereocenters. The van der Waals surface area contributed by atoms with Crippen molar-refractivity contribution >= 4 is 11.8 Å². The number of carbonyl (C=O) groups excluding carboxylic acids is 2. The Bertz CT molecular complexity index is 1100. The minimum Gasteiger partial charge on any atom is -0.486 e. The monoisotopic (exact) mass is 476 g/mol. The van der Waals surface area contributed by atoms with Crippen molar-refractivity contribution in [3.63, 3.8) is 0 Å². The first-order valence-electron chi connectivity index (χ1n) is 12.5. The number of aliphatic hydroxyl groups is 2. The van der Waals surface area contributed by atoms with Crippen molar-refractivity contribution < 1.29 is 24.5 Å². The minimum absolute atomic E-state index is 0.00994. The quantitative estimate of drug-likeness (QED) is 0.571. The Hall–Kier alpha value is -3.16. The zero-order chi connectivity index (χ0) is 24.4. The molecule has 0 bridgehead atoms. The maximum Gasteiger partial charge on any atom is 0.247 e. The first-order chi connectivity index (χ1) is 17.1. The Morgan fingerprint density at radius 1 is 1.03 bits per heavy atom. The molecule has 1 aliphatic heterocycles. The van der Waals surface area contributed by atoms with Crippen molar-refractivity contribution in [2.45, 2.75) is 56.4 Å². The van der Waals surface area contributed by atoms with E-state index in [2.05, 4.69) is 5.32 Å². The number of amides is 2. The second-order valence-electron chi connectivity index (χ2n) is 9.61. The van der Waals surface area contributed by atoms with Gasteiger partial charge in [0.25, 0.3) is 0 Å². The van der Waals surface area contributed by atoms with E-state index in [-0.39, 0.29) is 30.9 Å². The summed E-state index contributed by atoms with van der Waals surface area (Å²) in [5.74, 6) is -0.198. The fourth-order valence-corrected chi connectivity index (χ4v) is 5.71. The fraction of sp³-hybridized carbons (Fsp3) is 0.429. The molecule has 0 radical (unpaired) electrons. The molecule has 0 saturated heterocycles. The number of aliphatic hydroxyl groups excluding tert-OH is 2. The highest BCUT2D eigenvalue weighted by Crippen LogP contribution is 2.47. The van der Waals surface area contributed by atoms with Crippen molar-refractivity contribution in [1.29, 1.82) is 0 Å². The van der Waals surface area contributed by atoms with Crippen molar-refractivity contribution in [3.8, 4) is 5.75 Å². The number of hydrogen-bond acceptors (Lipinski definition) is 5. The third kappa shape index (κ3) is 4.58. The minimum atomic E-state index is -1.00. The van der Waals surface area contributed by atoms with E-state index in [1.807, 2.05) is 54.6 Å². The number of carbonyl (C=O) groups is 2. The number of rotatable bonds is 7. The summed E-state index contributed by atoms with van der Waals surface area (Å²) < 4.78 is 6.19. The van der Waals surface area contributed by atoms with Crippen LogP contribution in [0.1, 0.15) is 42.7 Å². The fourth-order valence-electron chi connectivity index (χ4n) is 5.71. The van der Waals surface area contributed by atoms with E-state index in [4.69, 9.17) is 4.74 Å². The molecule has 1 fully saturated rings. The molecule has 2 amide bonds. The van der Waals surface area contributed by atoms with E-state index in [0.717, 1.165) is 36.8 Å². The number of nitrogens with one attached hydrogen (secondary N) is 1. The Morgan fingerprint density at radius 2 is 1.74 bits per heavy atom. The van der Waals surface area contributed by atoms with Crippen LogP contribution in [0.3, 0.4) is 0 Å². The van der Waals surface area contributed by atoms with Gasteiger partial charge in [-0.25, -0.2) is 0 Å². The zero-order valence-electron chi connectivity index (χ0n) is 19.7. The van der Waals surface area contributed by atoms with E-state index in [1.165, 1.54) is 0 Å². The van der Waals surface area contributed by atoms with E-state index in [9.17, 15) is 19.8 Å². The van der Waals surface area contributed by atoms with Crippen LogP contribution in [0.2, 0.25) is 0 Å². The van der Waals surface area contributed by atoms with Crippen LogP contribution in [0.15, 0.2) is 66.2 Å². The maximum absolute atomic E-state index is 13.8. The SMILES string of the molecule is O=C(NCCO)C1=CC(N(Cc2ccccc2)C(=O)C2CCCC2)C(O)C2Oc3ccccc3C12. The van der Waals surface area contributed by atoms with E-state index in [0.29, 0.717) is 17.9 Å². The van der Waals surface area contributed by atoms with Gasteiger partial charge in [0.1, 0.15) is 18.0 Å². The Morgan fingerprint density at radius 3 is 2.49 bits per heavy atom. The van der Waals surface area contributed by atoms with Crippen LogP contribution in [0.4, 0.5) is 0 Å². The van der Waals surface area contributed by atoms with Crippen LogP contribution in [0.5, 0.6) is 5.75 Å². The summed E-state index contributed by atoms with van der Waals surface area (Å²) in [5, 5.41) is 23.6. The lowest BCUT2D eigenvalue weighted by Gasteiger charge is -2.41. The average Bonchev–Trinajstić information content (AvgIpc) is 3.56. The van der Waals surface area contributed by atoms with Crippen LogP contribution in [0.25, 0.3) is 0 Å². The topological polar surface area (TPSA) is 99.1 Å². The smallest absolute Gasteiger partial charge is 0.247 e. The molecule has 2 aromatic rings. The lowest BCUT2D eigenvalue weighted by atomic mass is 9.77. The molecular weight excluding hydrogens is 444 g/mol. The van der Waals surface area contributed by atoms with Gasteiger partial charge in [0.15, 0.2) is 0 Å². The van der Waals surface area contributed by atoms with Gasteiger partial charge in [0.2, 0.25) is 11.8 Å². The standard InChI is InChI=1S/C28H32N2O5/c31-15-14-29-27(33)21-16-22(25(32)26-24(21)20-12-6-7-13-23(20)35-26)30(17-18-8-2-1-3-9-18)28(34)19-10-4-5-11-19/h1-3,6-9,12-13,16,19,22,24-26,31-32H,4-5,10-11,14-15,17H2,(H,29,33). The number of ether oxygens (including phenoxy) is 1. The molecule has 4 unspecified atom stereocenters.